The number of imidazole rings is 1. The molecule has 0 radical (unpaired) electrons. The third kappa shape index (κ3) is 3.18. The number of nitrogens with zero attached hydrogens (tertiary/aromatic N) is 2. The predicted octanol–water partition coefficient (Wildman–Crippen LogP) is 3.30. The molecule has 5 heteroatoms. The third-order valence-corrected chi connectivity index (χ3v) is 4.55. The standard InChI is InChI=1S/C19H20FN3O/c20-15-7-5-14(6-8-15)18(22-16-9-10-24-12-16)11-23-13-21-17-3-1-2-4-19(17)23/h1-8,13,16,18,22H,9-12H2. The molecule has 0 aliphatic carbocycles. The Labute approximate surface area is 140 Å². The lowest BCUT2D eigenvalue weighted by atomic mass is 10.0. The summed E-state index contributed by atoms with van der Waals surface area (Å²) >= 11 is 0. The molecule has 2 unspecified atom stereocenters. The summed E-state index contributed by atoms with van der Waals surface area (Å²) in [4.78, 5) is 4.46. The first-order valence-electron chi connectivity index (χ1n) is 8.29. The fraction of sp³-hybridized carbons (Fsp3) is 0.316. The summed E-state index contributed by atoms with van der Waals surface area (Å²) in [6.07, 6.45) is 2.87. The molecular weight excluding hydrogens is 305 g/mol. The Morgan fingerprint density at radius 3 is 2.83 bits per heavy atom. The van der Waals surface area contributed by atoms with Crippen LogP contribution in [-0.2, 0) is 11.3 Å². The van der Waals surface area contributed by atoms with E-state index in [0.717, 1.165) is 42.8 Å². The van der Waals surface area contributed by atoms with Gasteiger partial charge in [-0.2, -0.15) is 0 Å². The van der Waals surface area contributed by atoms with Gasteiger partial charge in [0.15, 0.2) is 0 Å². The minimum absolute atomic E-state index is 0.0786. The maximum absolute atomic E-state index is 13.3. The molecule has 0 saturated carbocycles. The Balaban J connectivity index is 1.62. The van der Waals surface area contributed by atoms with Crippen LogP contribution in [0, 0.1) is 5.82 Å². The number of ether oxygens (including phenoxy) is 1. The highest BCUT2D eigenvalue weighted by Crippen LogP contribution is 2.21. The van der Waals surface area contributed by atoms with E-state index < -0.39 is 0 Å². The average molecular weight is 325 g/mol. The van der Waals surface area contributed by atoms with Crippen LogP contribution >= 0.6 is 0 Å². The summed E-state index contributed by atoms with van der Waals surface area (Å²) in [7, 11) is 0. The molecule has 1 saturated heterocycles. The highest BCUT2D eigenvalue weighted by atomic mass is 19.1. The van der Waals surface area contributed by atoms with E-state index >= 15 is 0 Å². The smallest absolute Gasteiger partial charge is 0.123 e. The van der Waals surface area contributed by atoms with Crippen LogP contribution in [-0.4, -0.2) is 28.8 Å². The molecule has 1 aliphatic heterocycles. The van der Waals surface area contributed by atoms with Crippen molar-refractivity contribution in [2.24, 2.45) is 0 Å². The van der Waals surface area contributed by atoms with E-state index in [4.69, 9.17) is 4.74 Å². The van der Waals surface area contributed by atoms with Gasteiger partial charge in [0, 0.05) is 19.2 Å². The summed E-state index contributed by atoms with van der Waals surface area (Å²) in [5, 5.41) is 3.66. The Morgan fingerprint density at radius 2 is 2.04 bits per heavy atom. The van der Waals surface area contributed by atoms with Gasteiger partial charge < -0.3 is 14.6 Å². The van der Waals surface area contributed by atoms with Crippen molar-refractivity contribution in [3.63, 3.8) is 0 Å². The van der Waals surface area contributed by atoms with Crippen LogP contribution < -0.4 is 5.32 Å². The van der Waals surface area contributed by atoms with Crippen LogP contribution in [0.4, 0.5) is 4.39 Å². The zero-order valence-electron chi connectivity index (χ0n) is 13.4. The van der Waals surface area contributed by atoms with Crippen LogP contribution in [0.25, 0.3) is 11.0 Å². The minimum Gasteiger partial charge on any atom is -0.380 e. The quantitative estimate of drug-likeness (QED) is 0.782. The van der Waals surface area contributed by atoms with Crippen LogP contribution in [0.5, 0.6) is 0 Å². The van der Waals surface area contributed by atoms with Gasteiger partial charge in [-0.15, -0.1) is 0 Å². The zero-order chi connectivity index (χ0) is 16.4. The minimum atomic E-state index is -0.213. The summed E-state index contributed by atoms with van der Waals surface area (Å²) < 4.78 is 20.9. The molecule has 1 aliphatic rings. The van der Waals surface area contributed by atoms with Crippen LogP contribution in [0.1, 0.15) is 18.0 Å². The fourth-order valence-corrected chi connectivity index (χ4v) is 3.25. The molecule has 0 spiro atoms. The van der Waals surface area contributed by atoms with E-state index in [9.17, 15) is 4.39 Å². The van der Waals surface area contributed by atoms with Crippen molar-refractivity contribution in [3.8, 4) is 0 Å². The molecule has 4 nitrogen and oxygen atoms in total. The first kappa shape index (κ1) is 15.3. The van der Waals surface area contributed by atoms with E-state index in [1.54, 1.807) is 0 Å². The first-order chi connectivity index (χ1) is 11.8. The molecule has 2 atom stereocenters. The van der Waals surface area contributed by atoms with Crippen molar-refractivity contribution < 1.29 is 9.13 Å². The summed E-state index contributed by atoms with van der Waals surface area (Å²) in [5.74, 6) is -0.213. The maximum atomic E-state index is 13.3. The SMILES string of the molecule is Fc1ccc(C(Cn2cnc3ccccc32)NC2CCOC2)cc1. The number of fused-ring (bicyclic) bond motifs is 1. The van der Waals surface area contributed by atoms with Gasteiger partial charge in [0.1, 0.15) is 5.82 Å². The number of aromatic nitrogens is 2. The second-order valence-corrected chi connectivity index (χ2v) is 6.22. The normalized spacial score (nSPS) is 19.0. The molecular formula is C19H20FN3O. The molecule has 2 aromatic carbocycles. The summed E-state index contributed by atoms with van der Waals surface area (Å²) in [5.41, 5.74) is 3.16. The molecule has 0 amide bonds. The molecule has 3 aromatic rings. The van der Waals surface area contributed by atoms with Crippen molar-refractivity contribution in [2.75, 3.05) is 13.2 Å². The van der Waals surface area contributed by atoms with Crippen molar-refractivity contribution in [3.05, 3.63) is 66.2 Å². The van der Waals surface area contributed by atoms with E-state index in [1.165, 1.54) is 12.1 Å². The molecule has 1 fully saturated rings. The fourth-order valence-electron chi connectivity index (χ4n) is 3.25. The third-order valence-electron chi connectivity index (χ3n) is 4.55. The van der Waals surface area contributed by atoms with Gasteiger partial charge in [-0.05, 0) is 36.2 Å². The van der Waals surface area contributed by atoms with Gasteiger partial charge in [-0.3, -0.25) is 0 Å². The molecule has 2 heterocycles. The van der Waals surface area contributed by atoms with Gasteiger partial charge in [-0.1, -0.05) is 24.3 Å². The van der Waals surface area contributed by atoms with Crippen molar-refractivity contribution >= 4 is 11.0 Å². The second-order valence-electron chi connectivity index (χ2n) is 6.22. The average Bonchev–Trinajstić information content (AvgIpc) is 3.25. The molecule has 24 heavy (non-hydrogen) atoms. The van der Waals surface area contributed by atoms with Gasteiger partial charge in [-0.25, -0.2) is 9.37 Å². The largest absolute Gasteiger partial charge is 0.380 e. The Hall–Kier alpha value is -2.24. The van der Waals surface area contributed by atoms with E-state index in [0.29, 0.717) is 6.04 Å². The van der Waals surface area contributed by atoms with Crippen molar-refractivity contribution in [2.45, 2.75) is 25.0 Å². The number of benzene rings is 2. The van der Waals surface area contributed by atoms with Crippen LogP contribution in [0.2, 0.25) is 0 Å². The maximum Gasteiger partial charge on any atom is 0.123 e. The number of hydrogen-bond acceptors (Lipinski definition) is 3. The molecule has 124 valence electrons. The number of rotatable bonds is 5. The number of hydrogen-bond donors (Lipinski definition) is 1. The molecule has 1 aromatic heterocycles. The Morgan fingerprint density at radius 1 is 1.21 bits per heavy atom. The predicted molar refractivity (Wildman–Crippen MR) is 91.2 cm³/mol. The van der Waals surface area contributed by atoms with Gasteiger partial charge in [0.25, 0.3) is 0 Å². The number of para-hydroxylation sites is 2. The van der Waals surface area contributed by atoms with Crippen LogP contribution in [0.15, 0.2) is 54.9 Å². The van der Waals surface area contributed by atoms with E-state index in [-0.39, 0.29) is 11.9 Å². The lowest BCUT2D eigenvalue weighted by molar-refractivity contribution is 0.187. The van der Waals surface area contributed by atoms with Crippen LogP contribution in [0.3, 0.4) is 0 Å². The lowest BCUT2D eigenvalue weighted by Crippen LogP contribution is -2.35. The highest BCUT2D eigenvalue weighted by Gasteiger charge is 2.21. The summed E-state index contributed by atoms with van der Waals surface area (Å²) in [6, 6.07) is 15.2. The van der Waals surface area contributed by atoms with E-state index in [1.807, 2.05) is 36.7 Å². The zero-order valence-corrected chi connectivity index (χ0v) is 13.4. The summed E-state index contributed by atoms with van der Waals surface area (Å²) in [6.45, 7) is 2.26. The highest BCUT2D eigenvalue weighted by molar-refractivity contribution is 5.74. The molecule has 1 N–H and O–H groups in total. The lowest BCUT2D eigenvalue weighted by Gasteiger charge is -2.23. The number of nitrogens with one attached hydrogen (secondary N) is 1. The second kappa shape index (κ2) is 6.71. The molecule has 0 bridgehead atoms. The topological polar surface area (TPSA) is 39.1 Å². The number of halogens is 1. The Kier molecular flexibility index (Phi) is 4.28. The Bertz CT molecular complexity index is 809. The van der Waals surface area contributed by atoms with E-state index in [2.05, 4.69) is 20.9 Å². The van der Waals surface area contributed by atoms with Gasteiger partial charge >= 0.3 is 0 Å². The first-order valence-corrected chi connectivity index (χ1v) is 8.29. The van der Waals surface area contributed by atoms with Gasteiger partial charge in [0.05, 0.1) is 30.0 Å². The molecule has 4 rings (SSSR count). The van der Waals surface area contributed by atoms with Crippen molar-refractivity contribution in [1.29, 1.82) is 0 Å². The van der Waals surface area contributed by atoms with Gasteiger partial charge in [0.2, 0.25) is 0 Å². The van der Waals surface area contributed by atoms with Crippen molar-refractivity contribution in [1.82, 2.24) is 14.9 Å². The monoisotopic (exact) mass is 325 g/mol.